The average molecular weight is 405 g/mol. The number of benzene rings is 1. The minimum absolute atomic E-state index is 0.00196. The van der Waals surface area contributed by atoms with Crippen molar-refractivity contribution in [3.63, 3.8) is 0 Å². The van der Waals surface area contributed by atoms with Crippen molar-refractivity contribution in [1.29, 1.82) is 0 Å². The number of anilines is 1. The van der Waals surface area contributed by atoms with Gasteiger partial charge >= 0.3 is 0 Å². The summed E-state index contributed by atoms with van der Waals surface area (Å²) in [6.45, 7) is 0. The molecule has 3 aromatic rings. The number of hydrogen-bond donors (Lipinski definition) is 3. The summed E-state index contributed by atoms with van der Waals surface area (Å²) in [4.78, 5) is 16.0. The van der Waals surface area contributed by atoms with Crippen LogP contribution in [-0.2, 0) is 14.8 Å². The maximum absolute atomic E-state index is 12.1. The van der Waals surface area contributed by atoms with E-state index in [1.807, 2.05) is 0 Å². The first-order valence-electron chi connectivity index (χ1n) is 7.51. The van der Waals surface area contributed by atoms with E-state index in [-0.39, 0.29) is 16.6 Å². The van der Waals surface area contributed by atoms with Gasteiger partial charge in [0, 0.05) is 23.6 Å². The Labute approximate surface area is 159 Å². The largest absolute Gasteiger partial charge is 0.335 e. The summed E-state index contributed by atoms with van der Waals surface area (Å²) in [5.41, 5.74) is 1.01. The third-order valence-corrected chi connectivity index (χ3v) is 5.22. The second kappa shape index (κ2) is 7.73. The number of pyridine rings is 1. The van der Waals surface area contributed by atoms with Crippen LogP contribution >= 0.6 is 11.8 Å². The first-order chi connectivity index (χ1) is 12.8. The van der Waals surface area contributed by atoms with Crippen molar-refractivity contribution in [1.82, 2.24) is 19.9 Å². The fraction of sp³-hybridized carbons (Fsp3) is 0.0667. The van der Waals surface area contributed by atoms with Gasteiger partial charge < -0.3 is 11.2 Å². The fourth-order valence-corrected chi connectivity index (χ4v) is 3.36. The lowest BCUT2D eigenvalue weighted by atomic mass is 10.3. The molecule has 0 aliphatic carbocycles. The van der Waals surface area contributed by atoms with Crippen LogP contribution in [0.25, 0.3) is 11.4 Å². The van der Waals surface area contributed by atoms with Crippen molar-refractivity contribution in [3.05, 3.63) is 48.8 Å². The second-order valence-electron chi connectivity index (χ2n) is 5.33. The molecule has 0 saturated heterocycles. The van der Waals surface area contributed by atoms with Gasteiger partial charge in [-0.25, -0.2) is 18.2 Å². The highest BCUT2D eigenvalue weighted by Gasteiger charge is 2.14. The molecule has 0 spiro atoms. The Kier molecular flexibility index (Phi) is 5.39. The average Bonchev–Trinajstić information content (AvgIpc) is 3.01. The molecular formula is C15H15N7O3S2. The van der Waals surface area contributed by atoms with E-state index in [0.717, 1.165) is 11.8 Å². The van der Waals surface area contributed by atoms with Crippen LogP contribution in [0.15, 0.2) is 58.8 Å². The van der Waals surface area contributed by atoms with E-state index >= 15 is 0 Å². The van der Waals surface area contributed by atoms with Crippen LogP contribution < -0.4 is 16.3 Å². The number of thioether (sulfide) groups is 1. The second-order valence-corrected chi connectivity index (χ2v) is 7.83. The van der Waals surface area contributed by atoms with Gasteiger partial charge in [-0.3, -0.25) is 9.78 Å². The molecule has 10 nitrogen and oxygen atoms in total. The normalized spacial score (nSPS) is 11.3. The lowest BCUT2D eigenvalue weighted by Gasteiger charge is -2.07. The molecule has 0 saturated carbocycles. The van der Waals surface area contributed by atoms with E-state index in [4.69, 9.17) is 11.0 Å². The molecular weight excluding hydrogens is 390 g/mol. The van der Waals surface area contributed by atoms with Gasteiger partial charge in [-0.1, -0.05) is 17.8 Å². The monoisotopic (exact) mass is 405 g/mol. The van der Waals surface area contributed by atoms with Gasteiger partial charge in [0.05, 0.1) is 10.6 Å². The minimum Gasteiger partial charge on any atom is -0.335 e. The highest BCUT2D eigenvalue weighted by Crippen LogP contribution is 2.21. The lowest BCUT2D eigenvalue weighted by molar-refractivity contribution is -0.113. The first kappa shape index (κ1) is 18.8. The number of sulfonamides is 1. The van der Waals surface area contributed by atoms with Crippen LogP contribution in [0.2, 0.25) is 0 Å². The number of carbonyl (C=O) groups excluding carboxylic acids is 1. The Bertz CT molecular complexity index is 1070. The van der Waals surface area contributed by atoms with Crippen molar-refractivity contribution in [2.75, 3.05) is 16.9 Å². The summed E-state index contributed by atoms with van der Waals surface area (Å²) in [7, 11) is -3.85. The standard InChI is InChI=1S/C15H15N7O3S2/c16-22-14(10-3-2-6-18-8-10)20-21-15(22)26-9-13(23)19-11-4-1-5-12(7-11)27(17,24)25/h1-8H,9,16H2,(H,19,23)(H2,17,24,25). The predicted molar refractivity (Wildman–Crippen MR) is 101 cm³/mol. The Morgan fingerprint density at radius 3 is 2.74 bits per heavy atom. The van der Waals surface area contributed by atoms with Gasteiger partial charge in [-0.15, -0.1) is 10.2 Å². The molecule has 1 amide bonds. The van der Waals surface area contributed by atoms with Gasteiger partial charge in [-0.05, 0) is 30.3 Å². The van der Waals surface area contributed by atoms with Crippen LogP contribution in [-0.4, -0.2) is 39.9 Å². The third-order valence-electron chi connectivity index (χ3n) is 3.36. The summed E-state index contributed by atoms with van der Waals surface area (Å²) in [5.74, 6) is 6.03. The van der Waals surface area contributed by atoms with Crippen molar-refractivity contribution in [2.24, 2.45) is 5.14 Å². The highest BCUT2D eigenvalue weighted by molar-refractivity contribution is 7.99. The third kappa shape index (κ3) is 4.61. The van der Waals surface area contributed by atoms with Crippen LogP contribution in [0.5, 0.6) is 0 Å². The quantitative estimate of drug-likeness (QED) is 0.393. The molecule has 5 N–H and O–H groups in total. The molecule has 0 bridgehead atoms. The summed E-state index contributed by atoms with van der Waals surface area (Å²) in [5, 5.41) is 16.0. The Hall–Kier alpha value is -2.96. The van der Waals surface area contributed by atoms with Gasteiger partial charge in [-0.2, -0.15) is 0 Å². The molecule has 2 aromatic heterocycles. The lowest BCUT2D eigenvalue weighted by Crippen LogP contribution is -2.17. The van der Waals surface area contributed by atoms with Crippen molar-refractivity contribution < 1.29 is 13.2 Å². The number of aromatic nitrogens is 4. The number of primary sulfonamides is 1. The molecule has 3 rings (SSSR count). The number of nitrogen functional groups attached to an aromatic ring is 1. The molecule has 0 fully saturated rings. The van der Waals surface area contributed by atoms with E-state index in [0.29, 0.717) is 22.2 Å². The highest BCUT2D eigenvalue weighted by atomic mass is 32.2. The zero-order valence-corrected chi connectivity index (χ0v) is 15.4. The zero-order chi connectivity index (χ0) is 19.4. The topological polar surface area (TPSA) is 159 Å². The SMILES string of the molecule is Nn1c(SCC(=O)Nc2cccc(S(N)(=O)=O)c2)nnc1-c1cccnc1. The smallest absolute Gasteiger partial charge is 0.238 e. The van der Waals surface area contributed by atoms with Gasteiger partial charge in [0.25, 0.3) is 0 Å². The summed E-state index contributed by atoms with van der Waals surface area (Å²) in [6.07, 6.45) is 3.23. The molecule has 0 radical (unpaired) electrons. The zero-order valence-electron chi connectivity index (χ0n) is 13.8. The van der Waals surface area contributed by atoms with Crippen molar-refractivity contribution in [2.45, 2.75) is 10.1 Å². The van der Waals surface area contributed by atoms with Crippen LogP contribution in [0.3, 0.4) is 0 Å². The minimum atomic E-state index is -3.85. The summed E-state index contributed by atoms with van der Waals surface area (Å²) in [6, 6.07) is 9.21. The molecule has 0 aliphatic rings. The van der Waals surface area contributed by atoms with E-state index in [1.165, 1.54) is 22.9 Å². The molecule has 12 heteroatoms. The number of nitrogens with zero attached hydrogens (tertiary/aromatic N) is 4. The van der Waals surface area contributed by atoms with E-state index in [9.17, 15) is 13.2 Å². The number of amides is 1. The first-order valence-corrected chi connectivity index (χ1v) is 10.0. The van der Waals surface area contributed by atoms with Gasteiger partial charge in [0.15, 0.2) is 5.82 Å². The predicted octanol–water partition coefficient (Wildman–Crippen LogP) is 0.432. The summed E-state index contributed by atoms with van der Waals surface area (Å²) < 4.78 is 24.0. The molecule has 140 valence electrons. The molecule has 1 aromatic carbocycles. The number of carbonyl (C=O) groups is 1. The van der Waals surface area contributed by atoms with Crippen LogP contribution in [0.1, 0.15) is 0 Å². The van der Waals surface area contributed by atoms with Crippen LogP contribution in [0, 0.1) is 0 Å². The number of hydrogen-bond acceptors (Lipinski definition) is 8. The molecule has 2 heterocycles. The van der Waals surface area contributed by atoms with E-state index in [1.54, 1.807) is 30.6 Å². The van der Waals surface area contributed by atoms with E-state index in [2.05, 4.69) is 20.5 Å². The maximum Gasteiger partial charge on any atom is 0.238 e. The Balaban J connectivity index is 1.64. The molecule has 0 unspecified atom stereocenters. The number of nitrogens with two attached hydrogens (primary N) is 2. The fourth-order valence-electron chi connectivity index (χ4n) is 2.15. The van der Waals surface area contributed by atoms with Gasteiger partial charge in [0.1, 0.15) is 0 Å². The number of nitrogens with one attached hydrogen (secondary N) is 1. The maximum atomic E-state index is 12.1. The van der Waals surface area contributed by atoms with Crippen molar-refractivity contribution in [3.8, 4) is 11.4 Å². The van der Waals surface area contributed by atoms with E-state index < -0.39 is 10.0 Å². The summed E-state index contributed by atoms with van der Waals surface area (Å²) >= 11 is 1.09. The molecule has 0 atom stereocenters. The molecule has 0 aliphatic heterocycles. The van der Waals surface area contributed by atoms with Gasteiger partial charge in [0.2, 0.25) is 21.1 Å². The Morgan fingerprint density at radius 1 is 1.22 bits per heavy atom. The molecule has 27 heavy (non-hydrogen) atoms. The van der Waals surface area contributed by atoms with Crippen LogP contribution in [0.4, 0.5) is 5.69 Å². The van der Waals surface area contributed by atoms with Crippen molar-refractivity contribution >= 4 is 33.4 Å². The number of rotatable bonds is 6. The Morgan fingerprint density at radius 2 is 2.04 bits per heavy atom.